The Labute approximate surface area is 140 Å². The molecule has 6 heteroatoms. The zero-order chi connectivity index (χ0) is 15.9. The molecule has 1 atom stereocenters. The Balaban J connectivity index is 1.89. The monoisotopic (exact) mass is 381 g/mol. The summed E-state index contributed by atoms with van der Waals surface area (Å²) in [6.07, 6.45) is 1.65. The van der Waals surface area contributed by atoms with Crippen LogP contribution >= 0.6 is 15.9 Å². The fraction of sp³-hybridized carbons (Fsp3) is 0.188. The lowest BCUT2D eigenvalue weighted by Crippen LogP contribution is -2.20. The summed E-state index contributed by atoms with van der Waals surface area (Å²) >= 11 is 3.34. The van der Waals surface area contributed by atoms with Crippen molar-refractivity contribution < 1.29 is 13.7 Å². The Morgan fingerprint density at radius 2 is 1.95 bits per heavy atom. The molecular weight excluding hydrogens is 366 g/mol. The molecule has 0 heterocycles. The van der Waals surface area contributed by atoms with Gasteiger partial charge in [-0.3, -0.25) is 9.00 Å². The fourth-order valence-corrected chi connectivity index (χ4v) is 2.76. The summed E-state index contributed by atoms with van der Waals surface area (Å²) in [5, 5.41) is 2.77. The first-order chi connectivity index (χ1) is 10.5. The van der Waals surface area contributed by atoms with E-state index >= 15 is 0 Å². The van der Waals surface area contributed by atoms with E-state index < -0.39 is 10.8 Å². The van der Waals surface area contributed by atoms with Gasteiger partial charge in [-0.2, -0.15) is 0 Å². The van der Waals surface area contributed by atoms with Gasteiger partial charge in [0, 0.05) is 33.0 Å². The van der Waals surface area contributed by atoms with E-state index in [4.69, 9.17) is 4.74 Å². The van der Waals surface area contributed by atoms with Crippen molar-refractivity contribution in [3.63, 3.8) is 0 Å². The number of amides is 1. The highest BCUT2D eigenvalue weighted by Crippen LogP contribution is 2.16. The van der Waals surface area contributed by atoms with Crippen LogP contribution in [0.2, 0.25) is 0 Å². The lowest BCUT2D eigenvalue weighted by molar-refractivity contribution is -0.118. The van der Waals surface area contributed by atoms with Gasteiger partial charge in [0.15, 0.2) is 6.61 Å². The molecule has 0 aliphatic heterocycles. The lowest BCUT2D eigenvalue weighted by Gasteiger charge is -2.08. The number of rotatable bonds is 6. The van der Waals surface area contributed by atoms with Crippen LogP contribution in [-0.2, 0) is 21.3 Å². The maximum Gasteiger partial charge on any atom is 0.262 e. The van der Waals surface area contributed by atoms with Gasteiger partial charge in [-0.05, 0) is 42.0 Å². The van der Waals surface area contributed by atoms with Crippen molar-refractivity contribution in [2.24, 2.45) is 0 Å². The van der Waals surface area contributed by atoms with Crippen molar-refractivity contribution in [2.75, 3.05) is 18.2 Å². The highest BCUT2D eigenvalue weighted by Gasteiger charge is 2.05. The predicted octanol–water partition coefficient (Wildman–Crippen LogP) is 3.35. The van der Waals surface area contributed by atoms with Crippen LogP contribution in [0, 0.1) is 0 Å². The van der Waals surface area contributed by atoms with E-state index in [9.17, 15) is 9.00 Å². The predicted molar refractivity (Wildman–Crippen MR) is 92.5 cm³/mol. The lowest BCUT2D eigenvalue weighted by atomic mass is 10.2. The second kappa shape index (κ2) is 8.10. The maximum absolute atomic E-state index is 11.9. The van der Waals surface area contributed by atoms with E-state index in [0.717, 1.165) is 10.0 Å². The molecule has 1 N–H and O–H groups in total. The summed E-state index contributed by atoms with van der Waals surface area (Å²) in [4.78, 5) is 11.9. The van der Waals surface area contributed by atoms with Gasteiger partial charge in [0.2, 0.25) is 0 Å². The van der Waals surface area contributed by atoms with Gasteiger partial charge in [-0.15, -0.1) is 0 Å². The summed E-state index contributed by atoms with van der Waals surface area (Å²) in [6, 6.07) is 14.6. The van der Waals surface area contributed by atoms with Crippen molar-refractivity contribution in [3.05, 3.63) is 58.6 Å². The molecule has 0 saturated carbocycles. The van der Waals surface area contributed by atoms with Gasteiger partial charge in [0.25, 0.3) is 5.91 Å². The number of ether oxygens (including phenoxy) is 1. The van der Waals surface area contributed by atoms with Gasteiger partial charge >= 0.3 is 0 Å². The molecule has 2 aromatic carbocycles. The summed E-state index contributed by atoms with van der Waals surface area (Å²) < 4.78 is 17.6. The summed E-state index contributed by atoms with van der Waals surface area (Å²) in [7, 11) is -0.909. The van der Waals surface area contributed by atoms with E-state index in [1.165, 1.54) is 0 Å². The fourth-order valence-electron chi connectivity index (χ4n) is 1.85. The van der Waals surface area contributed by atoms with Crippen molar-refractivity contribution in [2.45, 2.75) is 5.75 Å². The molecule has 0 fully saturated rings. The maximum atomic E-state index is 11.9. The Bertz CT molecular complexity index is 673. The van der Waals surface area contributed by atoms with Crippen LogP contribution in [0.15, 0.2) is 53.0 Å². The first kappa shape index (κ1) is 16.7. The molecule has 2 aromatic rings. The zero-order valence-electron chi connectivity index (χ0n) is 12.0. The third kappa shape index (κ3) is 5.61. The second-order valence-corrected chi connectivity index (χ2v) is 7.06. The SMILES string of the molecule is CS(=O)Cc1cccc(NC(=O)COc2ccc(Br)cc2)c1. The number of carbonyl (C=O) groups is 1. The van der Waals surface area contributed by atoms with Crippen molar-refractivity contribution in [1.82, 2.24) is 0 Å². The van der Waals surface area contributed by atoms with Gasteiger partial charge in [0.1, 0.15) is 5.75 Å². The van der Waals surface area contributed by atoms with Gasteiger partial charge in [0.05, 0.1) is 0 Å². The number of benzene rings is 2. The molecule has 1 amide bonds. The second-order valence-electron chi connectivity index (χ2n) is 4.71. The van der Waals surface area contributed by atoms with E-state index in [2.05, 4.69) is 21.2 Å². The number of hydrogen-bond acceptors (Lipinski definition) is 3. The highest BCUT2D eigenvalue weighted by molar-refractivity contribution is 9.10. The molecular formula is C16H16BrNO3S. The molecule has 2 rings (SSSR count). The molecule has 0 spiro atoms. The molecule has 0 bridgehead atoms. The molecule has 0 aliphatic rings. The Morgan fingerprint density at radius 1 is 1.23 bits per heavy atom. The highest BCUT2D eigenvalue weighted by atomic mass is 79.9. The molecule has 22 heavy (non-hydrogen) atoms. The minimum atomic E-state index is -0.909. The van der Waals surface area contributed by atoms with Crippen LogP contribution < -0.4 is 10.1 Å². The smallest absolute Gasteiger partial charge is 0.262 e. The average Bonchev–Trinajstić information content (AvgIpc) is 2.46. The van der Waals surface area contributed by atoms with Gasteiger partial charge < -0.3 is 10.1 Å². The van der Waals surface area contributed by atoms with Crippen molar-refractivity contribution in [3.8, 4) is 5.75 Å². The van der Waals surface area contributed by atoms with Gasteiger partial charge in [-0.25, -0.2) is 0 Å². The number of carbonyl (C=O) groups excluding carboxylic acids is 1. The largest absolute Gasteiger partial charge is 0.484 e. The Kier molecular flexibility index (Phi) is 6.15. The third-order valence-corrected chi connectivity index (χ3v) is 4.03. The minimum absolute atomic E-state index is 0.0639. The number of halogens is 1. The summed E-state index contributed by atoms with van der Waals surface area (Å²) in [5.74, 6) is 0.866. The van der Waals surface area contributed by atoms with Crippen LogP contribution in [0.5, 0.6) is 5.75 Å². The van der Waals surface area contributed by atoms with E-state index in [1.807, 2.05) is 30.3 Å². The van der Waals surface area contributed by atoms with Crippen molar-refractivity contribution >= 4 is 38.3 Å². The molecule has 0 saturated heterocycles. The van der Waals surface area contributed by atoms with E-state index in [-0.39, 0.29) is 12.5 Å². The quantitative estimate of drug-likeness (QED) is 0.834. The molecule has 0 radical (unpaired) electrons. The third-order valence-electron chi connectivity index (χ3n) is 2.76. The Morgan fingerprint density at radius 3 is 2.64 bits per heavy atom. The van der Waals surface area contributed by atoms with Crippen LogP contribution in [0.25, 0.3) is 0 Å². The van der Waals surface area contributed by atoms with Crippen LogP contribution in [0.1, 0.15) is 5.56 Å². The normalized spacial score (nSPS) is 11.7. The molecule has 0 aliphatic carbocycles. The van der Waals surface area contributed by atoms with Crippen molar-refractivity contribution in [1.29, 1.82) is 0 Å². The van der Waals surface area contributed by atoms with Crippen LogP contribution in [0.4, 0.5) is 5.69 Å². The average molecular weight is 382 g/mol. The van der Waals surface area contributed by atoms with Gasteiger partial charge in [-0.1, -0.05) is 28.1 Å². The van der Waals surface area contributed by atoms with E-state index in [0.29, 0.717) is 17.2 Å². The summed E-state index contributed by atoms with van der Waals surface area (Å²) in [5.41, 5.74) is 1.60. The minimum Gasteiger partial charge on any atom is -0.484 e. The first-order valence-corrected chi connectivity index (χ1v) is 9.12. The topological polar surface area (TPSA) is 55.4 Å². The molecule has 116 valence electrons. The first-order valence-electron chi connectivity index (χ1n) is 6.60. The molecule has 4 nitrogen and oxygen atoms in total. The molecule has 1 unspecified atom stereocenters. The Hall–Kier alpha value is -1.66. The summed E-state index contributed by atoms with van der Waals surface area (Å²) in [6.45, 7) is -0.0639. The number of anilines is 1. The van der Waals surface area contributed by atoms with E-state index in [1.54, 1.807) is 24.5 Å². The number of hydrogen-bond donors (Lipinski definition) is 1. The van der Waals surface area contributed by atoms with Crippen LogP contribution in [0.3, 0.4) is 0 Å². The zero-order valence-corrected chi connectivity index (χ0v) is 14.4. The van der Waals surface area contributed by atoms with Crippen LogP contribution in [-0.4, -0.2) is 23.0 Å². The standard InChI is InChI=1S/C16H16BrNO3S/c1-22(20)11-12-3-2-4-14(9-12)18-16(19)10-21-15-7-5-13(17)6-8-15/h2-9H,10-11H2,1H3,(H,18,19). The molecule has 0 aromatic heterocycles. The number of nitrogens with one attached hydrogen (secondary N) is 1.